The molecule has 3 aromatic carbocycles. The highest BCUT2D eigenvalue weighted by atomic mass is 32.2. The third kappa shape index (κ3) is 6.34. The summed E-state index contributed by atoms with van der Waals surface area (Å²) in [5.74, 6) is -0.519. The first-order chi connectivity index (χ1) is 14.8. The Morgan fingerprint density at radius 2 is 1.48 bits per heavy atom. The molecule has 0 aliphatic rings. The predicted octanol–water partition coefficient (Wildman–Crippen LogP) is 3.64. The van der Waals surface area contributed by atoms with Gasteiger partial charge in [0.15, 0.2) is 0 Å². The zero-order valence-corrected chi connectivity index (χ0v) is 18.3. The summed E-state index contributed by atoms with van der Waals surface area (Å²) in [6.07, 6.45) is 1.52. The van der Waals surface area contributed by atoms with Crippen molar-refractivity contribution >= 4 is 22.1 Å². The number of rotatable bonds is 8. The van der Waals surface area contributed by atoms with Crippen molar-refractivity contribution in [2.45, 2.75) is 25.3 Å². The lowest BCUT2D eigenvalue weighted by molar-refractivity contribution is -0.121. The Morgan fingerprint density at radius 1 is 0.903 bits per heavy atom. The lowest BCUT2D eigenvalue weighted by Gasteiger charge is -2.21. The van der Waals surface area contributed by atoms with Gasteiger partial charge in [0.05, 0.1) is 17.7 Å². The Hall–Kier alpha value is -3.29. The molecule has 1 amide bonds. The fraction of sp³-hybridized carbons (Fsp3) is 0.167. The van der Waals surface area contributed by atoms with Crippen LogP contribution in [0.1, 0.15) is 22.3 Å². The van der Waals surface area contributed by atoms with E-state index in [-0.39, 0.29) is 18.0 Å². The van der Waals surface area contributed by atoms with E-state index in [2.05, 4.69) is 10.5 Å². The number of aryl methyl sites for hydroxylation is 2. The van der Waals surface area contributed by atoms with Crippen LogP contribution in [0.25, 0.3) is 0 Å². The molecule has 0 saturated heterocycles. The van der Waals surface area contributed by atoms with Gasteiger partial charge in [-0.2, -0.15) is 9.41 Å². The summed E-state index contributed by atoms with van der Waals surface area (Å²) >= 11 is 0. The third-order valence-electron chi connectivity index (χ3n) is 4.66. The molecule has 3 rings (SSSR count). The molecule has 0 bridgehead atoms. The number of benzene rings is 3. The van der Waals surface area contributed by atoms with E-state index in [1.54, 1.807) is 24.3 Å². The summed E-state index contributed by atoms with van der Waals surface area (Å²) in [7, 11) is -3.87. The van der Waals surface area contributed by atoms with E-state index in [4.69, 9.17) is 0 Å². The first-order valence-corrected chi connectivity index (χ1v) is 11.3. The average molecular weight is 436 g/mol. The van der Waals surface area contributed by atoms with Crippen LogP contribution in [-0.4, -0.2) is 31.4 Å². The smallest absolute Gasteiger partial charge is 0.255 e. The van der Waals surface area contributed by atoms with Crippen molar-refractivity contribution in [3.63, 3.8) is 0 Å². The molecule has 7 heteroatoms. The van der Waals surface area contributed by atoms with Crippen LogP contribution in [0.4, 0.5) is 0 Å². The second kappa shape index (κ2) is 10.1. The fourth-order valence-corrected chi connectivity index (χ4v) is 4.28. The molecule has 0 heterocycles. The van der Waals surface area contributed by atoms with Gasteiger partial charge in [0.2, 0.25) is 10.0 Å². The second-order valence-corrected chi connectivity index (χ2v) is 9.21. The molecule has 0 unspecified atom stereocenters. The maximum Gasteiger partial charge on any atom is 0.255 e. The molecule has 31 heavy (non-hydrogen) atoms. The van der Waals surface area contributed by atoms with Gasteiger partial charge in [0.1, 0.15) is 0 Å². The highest BCUT2D eigenvalue weighted by Crippen LogP contribution is 2.19. The standard InChI is InChI=1S/C24H25N3O3S/c1-19-8-12-21(13-9-19)16-25-26-24(28)18-27(17-22-6-4-3-5-7-22)31(29,30)23-14-10-20(2)11-15-23/h3-16H,17-18H2,1-2H3,(H,26,28)/b25-16-. The maximum absolute atomic E-state index is 13.2. The van der Waals surface area contributed by atoms with E-state index in [9.17, 15) is 13.2 Å². The van der Waals surface area contributed by atoms with Crippen molar-refractivity contribution in [2.24, 2.45) is 5.10 Å². The molecule has 0 fully saturated rings. The molecule has 0 atom stereocenters. The largest absolute Gasteiger partial charge is 0.272 e. The SMILES string of the molecule is Cc1ccc(/C=N\NC(=O)CN(Cc2ccccc2)S(=O)(=O)c2ccc(C)cc2)cc1. The number of hydrogen-bond acceptors (Lipinski definition) is 4. The Morgan fingerprint density at radius 3 is 2.10 bits per heavy atom. The molecule has 0 aliphatic carbocycles. The van der Waals surface area contributed by atoms with Gasteiger partial charge in [-0.15, -0.1) is 0 Å². The summed E-state index contributed by atoms with van der Waals surface area (Å²) in [5, 5.41) is 3.95. The number of nitrogens with one attached hydrogen (secondary N) is 1. The number of carbonyl (C=O) groups is 1. The zero-order valence-electron chi connectivity index (χ0n) is 17.5. The van der Waals surface area contributed by atoms with Crippen LogP contribution < -0.4 is 5.43 Å². The molecular formula is C24H25N3O3S. The van der Waals surface area contributed by atoms with Gasteiger partial charge < -0.3 is 0 Å². The maximum atomic E-state index is 13.2. The van der Waals surface area contributed by atoms with Crippen LogP contribution in [0.5, 0.6) is 0 Å². The lowest BCUT2D eigenvalue weighted by atomic mass is 10.2. The number of nitrogens with zero attached hydrogens (tertiary/aromatic N) is 2. The molecule has 0 saturated carbocycles. The van der Waals surface area contributed by atoms with Gasteiger partial charge in [-0.1, -0.05) is 77.9 Å². The first-order valence-electron chi connectivity index (χ1n) is 9.84. The minimum absolute atomic E-state index is 0.0755. The van der Waals surface area contributed by atoms with E-state index in [1.165, 1.54) is 6.21 Å². The first kappa shape index (κ1) is 22.4. The van der Waals surface area contributed by atoms with Gasteiger partial charge in [0, 0.05) is 6.54 Å². The topological polar surface area (TPSA) is 78.8 Å². The summed E-state index contributed by atoms with van der Waals surface area (Å²) in [6, 6.07) is 23.4. The minimum atomic E-state index is -3.87. The van der Waals surface area contributed by atoms with E-state index in [1.807, 2.05) is 68.4 Å². The van der Waals surface area contributed by atoms with Gasteiger partial charge in [-0.25, -0.2) is 13.8 Å². The Labute approximate surface area is 183 Å². The zero-order chi connectivity index (χ0) is 22.3. The van der Waals surface area contributed by atoms with Crippen LogP contribution >= 0.6 is 0 Å². The molecule has 0 aliphatic heterocycles. The van der Waals surface area contributed by atoms with Crippen molar-refractivity contribution in [1.29, 1.82) is 0 Å². The number of hydrazone groups is 1. The fourth-order valence-electron chi connectivity index (χ4n) is 2.90. The van der Waals surface area contributed by atoms with Crippen molar-refractivity contribution in [3.8, 4) is 0 Å². The molecule has 1 N–H and O–H groups in total. The van der Waals surface area contributed by atoms with Crippen molar-refractivity contribution in [2.75, 3.05) is 6.54 Å². The molecule has 0 aromatic heterocycles. The molecule has 160 valence electrons. The Bertz CT molecular complexity index is 1140. The van der Waals surface area contributed by atoms with Gasteiger partial charge >= 0.3 is 0 Å². The van der Waals surface area contributed by atoms with Crippen LogP contribution in [0.2, 0.25) is 0 Å². The second-order valence-electron chi connectivity index (χ2n) is 7.28. The molecule has 6 nitrogen and oxygen atoms in total. The van der Waals surface area contributed by atoms with E-state index in [0.717, 1.165) is 26.6 Å². The van der Waals surface area contributed by atoms with Crippen LogP contribution in [-0.2, 0) is 21.4 Å². The van der Waals surface area contributed by atoms with Gasteiger partial charge in [-0.3, -0.25) is 4.79 Å². The predicted molar refractivity (Wildman–Crippen MR) is 122 cm³/mol. The number of hydrogen-bond donors (Lipinski definition) is 1. The van der Waals surface area contributed by atoms with E-state index in [0.29, 0.717) is 0 Å². The monoisotopic (exact) mass is 435 g/mol. The summed E-state index contributed by atoms with van der Waals surface area (Å²) in [5.41, 5.74) is 6.12. The normalized spacial score (nSPS) is 11.7. The molecule has 0 radical (unpaired) electrons. The molecule has 0 spiro atoms. The Balaban J connectivity index is 1.76. The third-order valence-corrected chi connectivity index (χ3v) is 6.47. The average Bonchev–Trinajstić information content (AvgIpc) is 2.76. The van der Waals surface area contributed by atoms with Crippen molar-refractivity contribution in [3.05, 3.63) is 101 Å². The minimum Gasteiger partial charge on any atom is -0.272 e. The quantitative estimate of drug-likeness (QED) is 0.433. The highest BCUT2D eigenvalue weighted by Gasteiger charge is 2.26. The molecular weight excluding hydrogens is 410 g/mol. The van der Waals surface area contributed by atoms with Gasteiger partial charge in [-0.05, 0) is 37.1 Å². The van der Waals surface area contributed by atoms with Crippen LogP contribution in [0.3, 0.4) is 0 Å². The van der Waals surface area contributed by atoms with Crippen LogP contribution in [0, 0.1) is 13.8 Å². The number of amides is 1. The van der Waals surface area contributed by atoms with Crippen LogP contribution in [0.15, 0.2) is 88.9 Å². The number of sulfonamides is 1. The van der Waals surface area contributed by atoms with E-state index < -0.39 is 15.9 Å². The van der Waals surface area contributed by atoms with Crippen molar-refractivity contribution < 1.29 is 13.2 Å². The van der Waals surface area contributed by atoms with Crippen molar-refractivity contribution in [1.82, 2.24) is 9.73 Å². The lowest BCUT2D eigenvalue weighted by Crippen LogP contribution is -2.39. The summed E-state index contributed by atoms with van der Waals surface area (Å²) in [6.45, 7) is 3.60. The highest BCUT2D eigenvalue weighted by molar-refractivity contribution is 7.89. The summed E-state index contributed by atoms with van der Waals surface area (Å²) < 4.78 is 27.6. The Kier molecular flexibility index (Phi) is 7.33. The molecule has 3 aromatic rings. The summed E-state index contributed by atoms with van der Waals surface area (Å²) in [4.78, 5) is 12.6. The number of carbonyl (C=O) groups excluding carboxylic acids is 1. The van der Waals surface area contributed by atoms with Gasteiger partial charge in [0.25, 0.3) is 5.91 Å². The van der Waals surface area contributed by atoms with E-state index >= 15 is 0 Å².